The van der Waals surface area contributed by atoms with E-state index in [0.29, 0.717) is 5.56 Å². The zero-order chi connectivity index (χ0) is 14.1. The quantitative estimate of drug-likeness (QED) is 0.621. The summed E-state index contributed by atoms with van der Waals surface area (Å²) in [5.41, 5.74) is 6.24. The zero-order valence-corrected chi connectivity index (χ0v) is 10.7. The number of nitrogens with one attached hydrogen (secondary N) is 2. The highest BCUT2D eigenvalue weighted by Gasteiger charge is 2.06. The SMILES string of the molecule is CNC(=O)CCNC(=O)c1ccc(C#CCN)cn1. The highest BCUT2D eigenvalue weighted by Crippen LogP contribution is 1.98. The van der Waals surface area contributed by atoms with E-state index in [-0.39, 0.29) is 37.0 Å². The molecule has 0 aromatic carbocycles. The summed E-state index contributed by atoms with van der Waals surface area (Å²) < 4.78 is 0. The van der Waals surface area contributed by atoms with Crippen LogP contribution in [-0.2, 0) is 4.79 Å². The Bertz CT molecular complexity index is 500. The molecule has 6 nitrogen and oxygen atoms in total. The average Bonchev–Trinajstić information content (AvgIpc) is 2.45. The Morgan fingerprint density at radius 3 is 2.79 bits per heavy atom. The summed E-state index contributed by atoms with van der Waals surface area (Å²) >= 11 is 0. The third kappa shape index (κ3) is 5.19. The van der Waals surface area contributed by atoms with Crippen LogP contribution in [0.3, 0.4) is 0 Å². The molecule has 1 aromatic heterocycles. The molecule has 0 bridgehead atoms. The van der Waals surface area contributed by atoms with Crippen molar-refractivity contribution in [1.82, 2.24) is 15.6 Å². The Balaban J connectivity index is 2.51. The van der Waals surface area contributed by atoms with E-state index < -0.39 is 0 Å². The molecule has 6 heteroatoms. The number of amides is 2. The molecule has 0 aliphatic rings. The summed E-state index contributed by atoms with van der Waals surface area (Å²) in [6.07, 6.45) is 1.75. The lowest BCUT2D eigenvalue weighted by atomic mass is 10.2. The Kier molecular flexibility index (Phi) is 6.06. The van der Waals surface area contributed by atoms with Gasteiger partial charge in [0.15, 0.2) is 0 Å². The maximum Gasteiger partial charge on any atom is 0.269 e. The molecule has 2 amide bonds. The Morgan fingerprint density at radius 1 is 1.42 bits per heavy atom. The molecule has 0 fully saturated rings. The second kappa shape index (κ2) is 7.84. The predicted molar refractivity (Wildman–Crippen MR) is 71.2 cm³/mol. The molecule has 0 aliphatic heterocycles. The molecule has 0 saturated heterocycles. The van der Waals surface area contributed by atoms with E-state index in [2.05, 4.69) is 27.5 Å². The van der Waals surface area contributed by atoms with Gasteiger partial charge < -0.3 is 16.4 Å². The second-order valence-electron chi connectivity index (χ2n) is 3.62. The molecule has 0 radical (unpaired) electrons. The van der Waals surface area contributed by atoms with Crippen molar-refractivity contribution in [2.24, 2.45) is 5.73 Å². The van der Waals surface area contributed by atoms with Gasteiger partial charge in [0.1, 0.15) is 5.69 Å². The molecule has 1 heterocycles. The molecule has 4 N–H and O–H groups in total. The number of nitrogens with zero attached hydrogens (tertiary/aromatic N) is 1. The van der Waals surface area contributed by atoms with Crippen LogP contribution in [0.15, 0.2) is 18.3 Å². The third-order valence-corrected chi connectivity index (χ3v) is 2.25. The van der Waals surface area contributed by atoms with Crippen molar-refractivity contribution in [2.75, 3.05) is 20.1 Å². The summed E-state index contributed by atoms with van der Waals surface area (Å²) in [6, 6.07) is 3.28. The van der Waals surface area contributed by atoms with Gasteiger partial charge >= 0.3 is 0 Å². The van der Waals surface area contributed by atoms with Crippen LogP contribution in [0, 0.1) is 11.8 Å². The standard InChI is InChI=1S/C13H16N4O2/c1-15-12(18)6-8-16-13(19)11-5-4-10(9-17-11)3-2-7-14/h4-5,9H,6-8,14H2,1H3,(H,15,18)(H,16,19). The number of carbonyl (C=O) groups is 2. The number of pyridine rings is 1. The largest absolute Gasteiger partial charge is 0.359 e. The van der Waals surface area contributed by atoms with Gasteiger partial charge in [-0.05, 0) is 12.1 Å². The summed E-state index contributed by atoms with van der Waals surface area (Å²) in [7, 11) is 1.55. The maximum absolute atomic E-state index is 11.7. The van der Waals surface area contributed by atoms with Crippen molar-refractivity contribution in [3.05, 3.63) is 29.6 Å². The Hall–Kier alpha value is -2.39. The first-order valence-corrected chi connectivity index (χ1v) is 5.81. The highest BCUT2D eigenvalue weighted by molar-refractivity contribution is 5.92. The van der Waals surface area contributed by atoms with E-state index in [9.17, 15) is 9.59 Å². The van der Waals surface area contributed by atoms with E-state index in [4.69, 9.17) is 5.73 Å². The molecule has 0 atom stereocenters. The van der Waals surface area contributed by atoms with Crippen LogP contribution in [0.1, 0.15) is 22.5 Å². The zero-order valence-electron chi connectivity index (χ0n) is 10.7. The minimum absolute atomic E-state index is 0.124. The first-order chi connectivity index (χ1) is 9.17. The van der Waals surface area contributed by atoms with E-state index in [1.807, 2.05) is 0 Å². The van der Waals surface area contributed by atoms with Gasteiger partial charge in [-0.25, -0.2) is 4.98 Å². The van der Waals surface area contributed by atoms with Crippen LogP contribution in [0.25, 0.3) is 0 Å². The lowest BCUT2D eigenvalue weighted by Gasteiger charge is -2.03. The molecular weight excluding hydrogens is 244 g/mol. The van der Waals surface area contributed by atoms with Crippen molar-refractivity contribution in [3.63, 3.8) is 0 Å². The lowest BCUT2D eigenvalue weighted by molar-refractivity contribution is -0.120. The van der Waals surface area contributed by atoms with Crippen molar-refractivity contribution in [3.8, 4) is 11.8 Å². The fourth-order valence-corrected chi connectivity index (χ4v) is 1.26. The van der Waals surface area contributed by atoms with Crippen LogP contribution in [0.2, 0.25) is 0 Å². The van der Waals surface area contributed by atoms with Gasteiger partial charge in [0, 0.05) is 31.8 Å². The normalized spacial score (nSPS) is 9.16. The summed E-state index contributed by atoms with van der Waals surface area (Å²) in [6.45, 7) is 0.552. The molecule has 19 heavy (non-hydrogen) atoms. The van der Waals surface area contributed by atoms with Gasteiger partial charge in [-0.3, -0.25) is 9.59 Å². The number of rotatable bonds is 4. The second-order valence-corrected chi connectivity index (χ2v) is 3.62. The smallest absolute Gasteiger partial charge is 0.269 e. The van der Waals surface area contributed by atoms with Crippen molar-refractivity contribution in [1.29, 1.82) is 0 Å². The topological polar surface area (TPSA) is 97.1 Å². The van der Waals surface area contributed by atoms with E-state index in [1.165, 1.54) is 6.20 Å². The van der Waals surface area contributed by atoms with Gasteiger partial charge in [0.2, 0.25) is 5.91 Å². The van der Waals surface area contributed by atoms with Gasteiger partial charge in [-0.2, -0.15) is 0 Å². The Labute approximate surface area is 111 Å². The van der Waals surface area contributed by atoms with E-state index in [0.717, 1.165) is 0 Å². The maximum atomic E-state index is 11.7. The molecule has 0 spiro atoms. The lowest BCUT2D eigenvalue weighted by Crippen LogP contribution is -2.29. The highest BCUT2D eigenvalue weighted by atomic mass is 16.2. The Morgan fingerprint density at radius 2 is 2.21 bits per heavy atom. The fourth-order valence-electron chi connectivity index (χ4n) is 1.26. The minimum atomic E-state index is -0.317. The number of aromatic nitrogens is 1. The molecule has 0 aliphatic carbocycles. The summed E-state index contributed by atoms with van der Waals surface area (Å²) in [4.78, 5) is 26.6. The summed E-state index contributed by atoms with van der Waals surface area (Å²) in [5.74, 6) is 5.07. The number of nitrogens with two attached hydrogens (primary N) is 1. The minimum Gasteiger partial charge on any atom is -0.359 e. The monoisotopic (exact) mass is 260 g/mol. The average molecular weight is 260 g/mol. The van der Waals surface area contributed by atoms with Crippen molar-refractivity contribution < 1.29 is 9.59 Å². The first-order valence-electron chi connectivity index (χ1n) is 5.81. The molecule has 100 valence electrons. The van der Waals surface area contributed by atoms with Gasteiger partial charge in [0.25, 0.3) is 5.91 Å². The van der Waals surface area contributed by atoms with Crippen LogP contribution in [0.4, 0.5) is 0 Å². The van der Waals surface area contributed by atoms with E-state index in [1.54, 1.807) is 19.2 Å². The molecular formula is C13H16N4O2. The van der Waals surface area contributed by atoms with Gasteiger partial charge in [-0.15, -0.1) is 0 Å². The van der Waals surface area contributed by atoms with Crippen LogP contribution in [0.5, 0.6) is 0 Å². The molecule has 0 saturated carbocycles. The third-order valence-electron chi connectivity index (χ3n) is 2.25. The predicted octanol–water partition coefficient (Wildman–Crippen LogP) is -0.742. The van der Waals surface area contributed by atoms with Crippen LogP contribution in [-0.4, -0.2) is 36.9 Å². The van der Waals surface area contributed by atoms with Crippen LogP contribution >= 0.6 is 0 Å². The first kappa shape index (κ1) is 14.7. The molecule has 1 rings (SSSR count). The molecule has 0 unspecified atom stereocenters. The van der Waals surface area contributed by atoms with Crippen molar-refractivity contribution >= 4 is 11.8 Å². The number of hydrogen-bond donors (Lipinski definition) is 3. The molecule has 1 aromatic rings. The fraction of sp³-hybridized carbons (Fsp3) is 0.308. The number of carbonyl (C=O) groups excluding carboxylic acids is 2. The summed E-state index contributed by atoms with van der Waals surface area (Å²) in [5, 5.41) is 5.08. The van der Waals surface area contributed by atoms with Crippen molar-refractivity contribution in [2.45, 2.75) is 6.42 Å². The van der Waals surface area contributed by atoms with Gasteiger partial charge in [0.05, 0.1) is 6.54 Å². The van der Waals surface area contributed by atoms with E-state index >= 15 is 0 Å². The number of hydrogen-bond acceptors (Lipinski definition) is 4. The van der Waals surface area contributed by atoms with Crippen LogP contribution < -0.4 is 16.4 Å². The van der Waals surface area contributed by atoms with Gasteiger partial charge in [-0.1, -0.05) is 11.8 Å².